The second-order valence-corrected chi connectivity index (χ2v) is 4.78. The van der Waals surface area contributed by atoms with Gasteiger partial charge in [-0.05, 0) is 19.5 Å². The highest BCUT2D eigenvalue weighted by molar-refractivity contribution is 5.53. The molecule has 0 radical (unpaired) electrons. The highest BCUT2D eigenvalue weighted by Crippen LogP contribution is 2.23. The maximum absolute atomic E-state index is 9.39. The van der Waals surface area contributed by atoms with E-state index in [2.05, 4.69) is 29.8 Å². The van der Waals surface area contributed by atoms with E-state index in [0.717, 1.165) is 25.2 Å². The van der Waals surface area contributed by atoms with Gasteiger partial charge in [-0.3, -0.25) is 4.90 Å². The van der Waals surface area contributed by atoms with Gasteiger partial charge in [0, 0.05) is 36.9 Å². The van der Waals surface area contributed by atoms with E-state index in [9.17, 15) is 5.11 Å². The van der Waals surface area contributed by atoms with Crippen LogP contribution < -0.4 is 4.90 Å². The molecule has 0 saturated carbocycles. The predicted octanol–water partition coefficient (Wildman–Crippen LogP) is 1.71. The van der Waals surface area contributed by atoms with Crippen molar-refractivity contribution in [2.75, 3.05) is 31.6 Å². The van der Waals surface area contributed by atoms with E-state index < -0.39 is 0 Å². The van der Waals surface area contributed by atoms with Crippen molar-refractivity contribution in [3.05, 3.63) is 29.8 Å². The number of benzene rings is 1. The fourth-order valence-corrected chi connectivity index (χ4v) is 2.56. The lowest BCUT2D eigenvalue weighted by molar-refractivity contribution is 0.212. The SMILES string of the molecule is CCC1CN(c2ccccc2CO)CCN1C. The summed E-state index contributed by atoms with van der Waals surface area (Å²) in [5.41, 5.74) is 2.23. The molecule has 0 aliphatic carbocycles. The first-order valence-corrected chi connectivity index (χ1v) is 6.40. The van der Waals surface area contributed by atoms with Crippen LogP contribution in [0, 0.1) is 0 Å². The van der Waals surface area contributed by atoms with Gasteiger partial charge in [-0.15, -0.1) is 0 Å². The summed E-state index contributed by atoms with van der Waals surface area (Å²) < 4.78 is 0. The van der Waals surface area contributed by atoms with Crippen LogP contribution in [-0.4, -0.2) is 42.7 Å². The van der Waals surface area contributed by atoms with E-state index in [-0.39, 0.29) is 6.61 Å². The van der Waals surface area contributed by atoms with Gasteiger partial charge in [0.2, 0.25) is 0 Å². The number of aliphatic hydroxyl groups is 1. The summed E-state index contributed by atoms with van der Waals surface area (Å²) in [5.74, 6) is 0. The van der Waals surface area contributed by atoms with Crippen molar-refractivity contribution >= 4 is 5.69 Å². The van der Waals surface area contributed by atoms with Crippen LogP contribution >= 0.6 is 0 Å². The van der Waals surface area contributed by atoms with E-state index in [4.69, 9.17) is 0 Å². The number of hydrogen-bond donors (Lipinski definition) is 1. The molecule has 3 nitrogen and oxygen atoms in total. The summed E-state index contributed by atoms with van der Waals surface area (Å²) in [6.07, 6.45) is 1.17. The minimum atomic E-state index is 0.124. The van der Waals surface area contributed by atoms with Gasteiger partial charge in [-0.1, -0.05) is 25.1 Å². The Morgan fingerprint density at radius 3 is 2.76 bits per heavy atom. The molecular weight excluding hydrogens is 212 g/mol. The normalized spacial score (nSPS) is 21.8. The molecule has 1 fully saturated rings. The fourth-order valence-electron chi connectivity index (χ4n) is 2.56. The lowest BCUT2D eigenvalue weighted by Crippen LogP contribution is -2.51. The van der Waals surface area contributed by atoms with Gasteiger partial charge in [-0.25, -0.2) is 0 Å². The molecule has 1 N–H and O–H groups in total. The Morgan fingerprint density at radius 2 is 2.06 bits per heavy atom. The van der Waals surface area contributed by atoms with Crippen molar-refractivity contribution in [2.45, 2.75) is 26.0 Å². The Hall–Kier alpha value is -1.06. The smallest absolute Gasteiger partial charge is 0.0702 e. The topological polar surface area (TPSA) is 26.7 Å². The quantitative estimate of drug-likeness (QED) is 0.862. The Morgan fingerprint density at radius 1 is 1.29 bits per heavy atom. The molecule has 2 rings (SSSR count). The molecule has 1 aliphatic rings. The monoisotopic (exact) mass is 234 g/mol. The predicted molar refractivity (Wildman–Crippen MR) is 71.3 cm³/mol. The van der Waals surface area contributed by atoms with Crippen LogP contribution in [0.2, 0.25) is 0 Å². The average Bonchev–Trinajstić information content (AvgIpc) is 2.39. The molecule has 1 unspecified atom stereocenters. The maximum Gasteiger partial charge on any atom is 0.0702 e. The summed E-state index contributed by atoms with van der Waals surface area (Å²) in [7, 11) is 2.20. The van der Waals surface area contributed by atoms with E-state index in [0.29, 0.717) is 6.04 Å². The van der Waals surface area contributed by atoms with Gasteiger partial charge in [0.15, 0.2) is 0 Å². The zero-order valence-electron chi connectivity index (χ0n) is 10.8. The van der Waals surface area contributed by atoms with Gasteiger partial charge >= 0.3 is 0 Å². The van der Waals surface area contributed by atoms with E-state index in [1.54, 1.807) is 0 Å². The van der Waals surface area contributed by atoms with Crippen molar-refractivity contribution in [3.63, 3.8) is 0 Å². The molecule has 0 spiro atoms. The zero-order chi connectivity index (χ0) is 12.3. The third kappa shape index (κ3) is 2.61. The Balaban J connectivity index is 2.17. The summed E-state index contributed by atoms with van der Waals surface area (Å²) in [4.78, 5) is 4.83. The standard InChI is InChI=1S/C14H22N2O/c1-3-13-10-16(9-8-15(13)2)14-7-5-4-6-12(14)11-17/h4-7,13,17H,3,8-11H2,1-2H3. The van der Waals surface area contributed by atoms with Crippen LogP contribution in [0.25, 0.3) is 0 Å². The molecule has 1 saturated heterocycles. The van der Waals surface area contributed by atoms with Crippen LogP contribution in [0.5, 0.6) is 0 Å². The zero-order valence-corrected chi connectivity index (χ0v) is 10.8. The van der Waals surface area contributed by atoms with E-state index >= 15 is 0 Å². The lowest BCUT2D eigenvalue weighted by Gasteiger charge is -2.41. The number of likely N-dealkylation sites (N-methyl/N-ethyl adjacent to an activating group) is 1. The number of hydrogen-bond acceptors (Lipinski definition) is 3. The molecule has 94 valence electrons. The molecule has 0 bridgehead atoms. The van der Waals surface area contributed by atoms with E-state index in [1.807, 2.05) is 18.2 Å². The van der Waals surface area contributed by atoms with Crippen molar-refractivity contribution in [1.82, 2.24) is 4.90 Å². The first-order valence-electron chi connectivity index (χ1n) is 6.40. The van der Waals surface area contributed by atoms with Gasteiger partial charge < -0.3 is 10.0 Å². The van der Waals surface area contributed by atoms with E-state index in [1.165, 1.54) is 12.1 Å². The summed E-state index contributed by atoms with van der Waals surface area (Å²) >= 11 is 0. The van der Waals surface area contributed by atoms with Crippen LogP contribution in [-0.2, 0) is 6.61 Å². The minimum absolute atomic E-state index is 0.124. The molecule has 0 aromatic heterocycles. The third-order valence-electron chi connectivity index (χ3n) is 3.75. The van der Waals surface area contributed by atoms with Crippen molar-refractivity contribution in [3.8, 4) is 0 Å². The van der Waals surface area contributed by atoms with Crippen molar-refractivity contribution in [2.24, 2.45) is 0 Å². The molecule has 1 aliphatic heterocycles. The van der Waals surface area contributed by atoms with Gasteiger partial charge in [0.05, 0.1) is 6.61 Å². The molecule has 1 heterocycles. The molecule has 0 amide bonds. The molecule has 1 aromatic rings. The van der Waals surface area contributed by atoms with Crippen LogP contribution in [0.15, 0.2) is 24.3 Å². The Bertz CT molecular complexity index is 367. The van der Waals surface area contributed by atoms with Crippen LogP contribution in [0.3, 0.4) is 0 Å². The largest absolute Gasteiger partial charge is 0.392 e. The minimum Gasteiger partial charge on any atom is -0.392 e. The molecular formula is C14H22N2O. The molecule has 3 heteroatoms. The number of nitrogens with zero attached hydrogens (tertiary/aromatic N) is 2. The Labute approximate surface area is 104 Å². The highest BCUT2D eigenvalue weighted by atomic mass is 16.3. The summed E-state index contributed by atoms with van der Waals surface area (Å²) in [5, 5.41) is 9.39. The van der Waals surface area contributed by atoms with Crippen molar-refractivity contribution < 1.29 is 5.11 Å². The summed E-state index contributed by atoms with van der Waals surface area (Å²) in [6.45, 7) is 5.56. The maximum atomic E-state index is 9.39. The number of anilines is 1. The van der Waals surface area contributed by atoms with Gasteiger partial charge in [0.25, 0.3) is 0 Å². The highest BCUT2D eigenvalue weighted by Gasteiger charge is 2.23. The second kappa shape index (κ2) is 5.52. The first kappa shape index (κ1) is 12.4. The van der Waals surface area contributed by atoms with Crippen LogP contribution in [0.1, 0.15) is 18.9 Å². The number of piperazine rings is 1. The number of aliphatic hydroxyl groups excluding tert-OH is 1. The summed E-state index contributed by atoms with van der Waals surface area (Å²) in [6, 6.07) is 8.78. The van der Waals surface area contributed by atoms with Gasteiger partial charge in [-0.2, -0.15) is 0 Å². The second-order valence-electron chi connectivity index (χ2n) is 4.78. The fraction of sp³-hybridized carbons (Fsp3) is 0.571. The average molecular weight is 234 g/mol. The van der Waals surface area contributed by atoms with Crippen molar-refractivity contribution in [1.29, 1.82) is 0 Å². The Kier molecular flexibility index (Phi) is 4.02. The first-order chi connectivity index (χ1) is 8.26. The lowest BCUT2D eigenvalue weighted by atomic mass is 10.1. The molecule has 1 aromatic carbocycles. The number of rotatable bonds is 3. The molecule has 1 atom stereocenters. The number of para-hydroxylation sites is 1. The molecule has 17 heavy (non-hydrogen) atoms. The van der Waals surface area contributed by atoms with Gasteiger partial charge in [0.1, 0.15) is 0 Å². The van der Waals surface area contributed by atoms with Crippen LogP contribution in [0.4, 0.5) is 5.69 Å². The third-order valence-corrected chi connectivity index (χ3v) is 3.75.